The Hall–Kier alpha value is -3.26. The van der Waals surface area contributed by atoms with E-state index in [9.17, 15) is 28.8 Å². The Bertz CT molecular complexity index is 654. The first-order valence-electron chi connectivity index (χ1n) is 8.20. The van der Waals surface area contributed by atoms with Gasteiger partial charge in [-0.3, -0.25) is 28.8 Å². The summed E-state index contributed by atoms with van der Waals surface area (Å²) in [6.45, 7) is -0.309. The van der Waals surface area contributed by atoms with Crippen LogP contribution in [0.2, 0.25) is 0 Å². The molecule has 0 aliphatic heterocycles. The maximum Gasteiger partial charge on any atom is 0.320 e. The zero-order chi connectivity index (χ0) is 23.2. The Kier molecular flexibility index (Phi) is 491. The lowest BCUT2D eigenvalue weighted by Gasteiger charge is -2.21. The number of rotatable bonds is 13. The van der Waals surface area contributed by atoms with Crippen LogP contribution in [0.25, 0.3) is 0 Å². The smallest absolute Gasteiger partial charge is 0.320 e. The van der Waals surface area contributed by atoms with Crippen molar-refractivity contribution in [2.24, 2.45) is 0 Å². The minimum Gasteiger partial charge on any atom is -0.457 e. The number of ether oxygens (including phenoxy) is 6. The number of aliphatic hydroxyl groups excluding tert-OH is 2. The van der Waals surface area contributed by atoms with Crippen molar-refractivity contribution in [3.63, 3.8) is 0 Å². The third-order valence-electron chi connectivity index (χ3n) is 2.74. The van der Waals surface area contributed by atoms with Gasteiger partial charge in [0.2, 0.25) is 13.6 Å². The second-order valence-corrected chi connectivity index (χ2v) is 5.87. The molecule has 14 heteroatoms. The van der Waals surface area contributed by atoms with E-state index in [1.807, 2.05) is 0 Å². The van der Waals surface area contributed by atoms with E-state index in [1.165, 1.54) is 13.8 Å². The molecule has 0 atom stereocenters. The lowest BCUT2D eigenvalue weighted by molar-refractivity contribution is -0.174. The van der Waals surface area contributed by atoms with Crippen LogP contribution in [0.3, 0.4) is 0 Å². The van der Waals surface area contributed by atoms with Crippen molar-refractivity contribution in [3.8, 4) is 0 Å². The summed E-state index contributed by atoms with van der Waals surface area (Å²) in [4.78, 5) is 67.5. The molecular weight excluding hydrogens is 740 g/mol. The van der Waals surface area contributed by atoms with Gasteiger partial charge in [-0.2, -0.15) is 0 Å². The third-order valence-corrected chi connectivity index (χ3v) is 2.74. The summed E-state index contributed by atoms with van der Waals surface area (Å²) in [7, 11) is 0. The molecule has 0 aliphatic rings. The number of carbonyl (C=O) groups excluding carboxylic acids is 6. The molecule has 0 amide bonds. The summed E-state index contributed by atoms with van der Waals surface area (Å²) >= 11 is 0. The van der Waals surface area contributed by atoms with E-state index in [0.29, 0.717) is 0 Å². The van der Waals surface area contributed by atoms with Crippen LogP contribution in [0.15, 0.2) is 0 Å². The molecule has 2 N–H and O–H groups in total. The van der Waals surface area contributed by atoms with E-state index in [1.54, 1.807) is 0 Å². The lowest BCUT2D eigenvalue weighted by atomic mass is 10.1. The van der Waals surface area contributed by atoms with Crippen LogP contribution in [-0.2, 0) is 57.2 Å². The minimum absolute atomic E-state index is 0. The molecule has 14 nitrogen and oxygen atoms in total. The number of hydrogen-bond donors (Lipinski definition) is 2. The number of aliphatic hydroxyl groups is 2. The molecular formula is C43H130O14. The molecule has 0 aliphatic carbocycles. The molecule has 0 aromatic heterocycles. The van der Waals surface area contributed by atoms with E-state index in [4.69, 9.17) is 14.9 Å². The molecule has 0 heterocycles. The van der Waals surface area contributed by atoms with Crippen molar-refractivity contribution in [2.45, 2.75) is 239 Å². The molecule has 0 saturated carbocycles. The van der Waals surface area contributed by atoms with Crippen LogP contribution in [0.4, 0.5) is 0 Å². The first-order chi connectivity index (χ1) is 14.0. The number of esters is 6. The molecule has 386 valence electrons. The molecule has 0 bridgehead atoms. The van der Waals surface area contributed by atoms with Gasteiger partial charge in [0, 0.05) is 0 Å². The van der Waals surface area contributed by atoms with Gasteiger partial charge in [0.15, 0.2) is 6.79 Å². The van der Waals surface area contributed by atoms with Crippen LogP contribution in [0, 0.1) is 0 Å². The van der Waals surface area contributed by atoms with Crippen molar-refractivity contribution in [1.29, 1.82) is 0 Å². The fraction of sp³-hybridized carbons (Fsp3) is 0.860. The van der Waals surface area contributed by atoms with Gasteiger partial charge in [0.1, 0.15) is 24.9 Å². The van der Waals surface area contributed by atoms with Crippen molar-refractivity contribution in [3.05, 3.63) is 0 Å². The fourth-order valence-electron chi connectivity index (χ4n) is 1.38. The Morgan fingerprint density at radius 1 is 0.333 bits per heavy atom. The van der Waals surface area contributed by atoms with E-state index >= 15 is 0 Å². The van der Waals surface area contributed by atoms with Gasteiger partial charge in [-0.1, -0.05) is 201 Å². The van der Waals surface area contributed by atoms with Crippen LogP contribution in [-0.4, -0.2) is 78.6 Å². The Balaban J connectivity index is -0.0000000120. The second kappa shape index (κ2) is 124. The van der Waals surface area contributed by atoms with Gasteiger partial charge in [-0.15, -0.1) is 0 Å². The predicted octanol–water partition coefficient (Wildman–Crippen LogP) is 15.2. The van der Waals surface area contributed by atoms with Crippen molar-refractivity contribution in [2.75, 3.05) is 27.0 Å². The van der Waals surface area contributed by atoms with Gasteiger partial charge >= 0.3 is 35.8 Å². The summed E-state index contributed by atoms with van der Waals surface area (Å²) < 4.78 is 26.5. The Morgan fingerprint density at radius 3 is 0.684 bits per heavy atom. The largest absolute Gasteiger partial charge is 0.457 e. The molecule has 0 radical (unpaired) electrons. The zero-order valence-corrected chi connectivity index (χ0v) is 16.2. The van der Waals surface area contributed by atoms with Gasteiger partial charge in [-0.25, -0.2) is 0 Å². The molecule has 0 rings (SSSR count). The van der Waals surface area contributed by atoms with Crippen LogP contribution in [0.5, 0.6) is 0 Å². The predicted molar refractivity (Wildman–Crippen MR) is 270 cm³/mol. The summed E-state index contributed by atoms with van der Waals surface area (Å²) in [6, 6.07) is 0. The van der Waals surface area contributed by atoms with Gasteiger partial charge in [0.25, 0.3) is 0 Å². The quantitative estimate of drug-likeness (QED) is 0.0766. The highest BCUT2D eigenvalue weighted by Gasteiger charge is 2.24. The van der Waals surface area contributed by atoms with Gasteiger partial charge in [0.05, 0.1) is 6.61 Å². The van der Waals surface area contributed by atoms with E-state index in [-0.39, 0.29) is 201 Å². The van der Waals surface area contributed by atoms with Crippen LogP contribution >= 0.6 is 0 Å². The van der Waals surface area contributed by atoms with E-state index in [2.05, 4.69) is 23.7 Å². The maximum atomic E-state index is 11.4. The summed E-state index contributed by atoms with van der Waals surface area (Å²) in [5, 5.41) is 17.2. The first-order valence-corrected chi connectivity index (χ1v) is 8.20. The SMILES string of the molecule is C.C.C.C.C.C.C.C.C.C.C.C.C.C.C.C.C.C.C.C.C.C.C.C.C.C.C.CC(C)(CO)OC(=O)CC(=O)OCOC(=O)CC(=O)OCOC(=O)CC(=O)OCO. The molecule has 0 saturated heterocycles. The molecule has 57 heavy (non-hydrogen) atoms. The average molecular weight is 871 g/mol. The Labute approximate surface area is 368 Å². The van der Waals surface area contributed by atoms with E-state index in [0.717, 1.165) is 0 Å². The highest BCUT2D eigenvalue weighted by atomic mass is 16.7. The number of hydrogen-bond acceptors (Lipinski definition) is 14. The number of carbonyl (C=O) groups is 6. The van der Waals surface area contributed by atoms with Crippen molar-refractivity contribution < 1.29 is 67.4 Å². The van der Waals surface area contributed by atoms with E-state index < -0.39 is 87.7 Å². The second-order valence-electron chi connectivity index (χ2n) is 5.87. The normalized spacial score (nSPS) is 5.47. The van der Waals surface area contributed by atoms with Crippen molar-refractivity contribution >= 4 is 35.8 Å². The summed E-state index contributed by atoms with van der Waals surface area (Å²) in [5.74, 6) is -6.49. The first kappa shape index (κ1) is 226. The summed E-state index contributed by atoms with van der Waals surface area (Å²) in [5.41, 5.74) is -1.18. The molecule has 0 unspecified atom stereocenters. The molecule has 0 fully saturated rings. The Morgan fingerprint density at radius 2 is 0.509 bits per heavy atom. The third kappa shape index (κ3) is 135. The lowest BCUT2D eigenvalue weighted by Crippen LogP contribution is -2.33. The molecule has 0 spiro atoms. The summed E-state index contributed by atoms with van der Waals surface area (Å²) in [6.07, 6.45) is -2.52. The van der Waals surface area contributed by atoms with Gasteiger partial charge in [-0.05, 0) is 13.8 Å². The van der Waals surface area contributed by atoms with Crippen molar-refractivity contribution in [1.82, 2.24) is 0 Å². The maximum absolute atomic E-state index is 11.4. The highest BCUT2D eigenvalue weighted by Crippen LogP contribution is 2.09. The average Bonchev–Trinajstić information content (AvgIpc) is 2.61. The van der Waals surface area contributed by atoms with Crippen LogP contribution < -0.4 is 0 Å². The monoisotopic (exact) mass is 871 g/mol. The minimum atomic E-state index is -1.18. The highest BCUT2D eigenvalue weighted by molar-refractivity contribution is 5.92. The molecule has 0 aromatic carbocycles. The van der Waals surface area contributed by atoms with Gasteiger partial charge < -0.3 is 38.6 Å². The fourth-order valence-corrected chi connectivity index (χ4v) is 1.38. The standard InChI is InChI=1S/C16H22O14.27CH4/c1-16(2,6-17)30-15(24)5-14(23)29-9-28-13(22)4-12(21)27-8-26-11(20)3-10(19)25-7-18;;;;;;;;;;;;;;;;;;;;;;;;;;;/h17-18H,3-9H2,1-2H3;27*1H4. The molecule has 0 aromatic rings. The topological polar surface area (TPSA) is 198 Å². The van der Waals surface area contributed by atoms with Crippen LogP contribution in [0.1, 0.15) is 234 Å². The zero-order valence-electron chi connectivity index (χ0n) is 16.2.